The number of esters is 1. The van der Waals surface area contributed by atoms with Crippen molar-refractivity contribution in [2.24, 2.45) is 11.8 Å². The summed E-state index contributed by atoms with van der Waals surface area (Å²) in [6.07, 6.45) is 3.74. The Morgan fingerprint density at radius 3 is 2.79 bits per heavy atom. The first-order chi connectivity index (χ1) is 13.3. The van der Waals surface area contributed by atoms with Gasteiger partial charge in [0.1, 0.15) is 12.0 Å². The number of phenolic OH excluding ortho intramolecular Hbond substituents is 1. The fourth-order valence-corrected chi connectivity index (χ4v) is 4.35. The largest absolute Gasteiger partial charge is 0.503 e. The number of benzene rings is 1. The van der Waals surface area contributed by atoms with Crippen molar-refractivity contribution in [1.29, 1.82) is 0 Å². The lowest BCUT2D eigenvalue weighted by molar-refractivity contribution is -0.156. The first-order valence-corrected chi connectivity index (χ1v) is 10.1. The van der Waals surface area contributed by atoms with Crippen molar-refractivity contribution in [2.45, 2.75) is 44.8 Å². The number of hydrogen-bond donors (Lipinski definition) is 3. The molecule has 152 valence electrons. The first-order valence-electron chi connectivity index (χ1n) is 9.33. The third-order valence-corrected chi connectivity index (χ3v) is 5.93. The summed E-state index contributed by atoms with van der Waals surface area (Å²) < 4.78 is 11.4. The molecule has 1 aromatic rings. The van der Waals surface area contributed by atoms with Crippen molar-refractivity contribution in [3.05, 3.63) is 34.4 Å². The third kappa shape index (κ3) is 4.27. The molecule has 28 heavy (non-hydrogen) atoms. The van der Waals surface area contributed by atoms with E-state index in [1.807, 2.05) is 0 Å². The summed E-state index contributed by atoms with van der Waals surface area (Å²) in [7, 11) is 1.43. The monoisotopic (exact) mass is 452 g/mol. The zero-order chi connectivity index (χ0) is 20.4. The zero-order valence-corrected chi connectivity index (χ0v) is 17.5. The Balaban J connectivity index is 1.88. The van der Waals surface area contributed by atoms with Crippen LogP contribution in [0.1, 0.15) is 44.2 Å². The van der Waals surface area contributed by atoms with E-state index >= 15 is 0 Å². The van der Waals surface area contributed by atoms with Gasteiger partial charge in [-0.05, 0) is 58.8 Å². The predicted octanol–water partition coefficient (Wildman–Crippen LogP) is 3.77. The van der Waals surface area contributed by atoms with Crippen LogP contribution >= 0.6 is 15.9 Å². The molecule has 8 heteroatoms. The van der Waals surface area contributed by atoms with Crippen LogP contribution < -0.4 is 15.4 Å². The van der Waals surface area contributed by atoms with Crippen LogP contribution in [0.4, 0.5) is 4.79 Å². The van der Waals surface area contributed by atoms with Gasteiger partial charge in [-0.15, -0.1) is 0 Å². The molecule has 3 N–H and O–H groups in total. The van der Waals surface area contributed by atoms with Crippen molar-refractivity contribution in [2.75, 3.05) is 7.11 Å². The second-order valence-corrected chi connectivity index (χ2v) is 8.32. The standard InChI is InChI=1S/C20H25BrN2O5/c1-10-5-4-6-13(7-10)28-19(25)16-11(2)22-20(26)23-17(16)12-8-14(21)18(24)15(9-12)27-3/h8-10,13,16-17,24H,2,4-7H2,1,3H3,(H2,22,23,26)/t10-,13+,16+,17+/m1/s1. The summed E-state index contributed by atoms with van der Waals surface area (Å²) >= 11 is 3.28. The quantitative estimate of drug-likeness (QED) is 0.604. The van der Waals surface area contributed by atoms with Gasteiger partial charge in [0, 0.05) is 5.70 Å². The van der Waals surface area contributed by atoms with Gasteiger partial charge in [0.05, 0.1) is 17.6 Å². The highest BCUT2D eigenvalue weighted by atomic mass is 79.9. The van der Waals surface area contributed by atoms with E-state index in [4.69, 9.17) is 9.47 Å². The number of carbonyl (C=O) groups excluding carboxylic acids is 2. The van der Waals surface area contributed by atoms with Crippen LogP contribution in [0.3, 0.4) is 0 Å². The fraction of sp³-hybridized carbons (Fsp3) is 0.500. The average Bonchev–Trinajstić information content (AvgIpc) is 2.63. The van der Waals surface area contributed by atoms with Gasteiger partial charge in [-0.25, -0.2) is 4.79 Å². The molecule has 2 aliphatic rings. The van der Waals surface area contributed by atoms with E-state index < -0.39 is 24.0 Å². The minimum atomic E-state index is -0.795. The maximum Gasteiger partial charge on any atom is 0.319 e. The molecule has 7 nitrogen and oxygen atoms in total. The first kappa shape index (κ1) is 20.5. The SMILES string of the molecule is C=C1NC(=O)N[C@@H](c2cc(Br)c(O)c(OC)c2)[C@H]1C(=O)O[C@H]1CCC[C@@H](C)C1. The maximum absolute atomic E-state index is 13.0. The Kier molecular flexibility index (Phi) is 6.17. The lowest BCUT2D eigenvalue weighted by Gasteiger charge is -2.35. The molecule has 1 aliphatic carbocycles. The minimum Gasteiger partial charge on any atom is -0.503 e. The number of carbonyl (C=O) groups is 2. The molecular formula is C20H25BrN2O5. The number of phenols is 1. The van der Waals surface area contributed by atoms with Crippen LogP contribution in [-0.2, 0) is 9.53 Å². The van der Waals surface area contributed by atoms with E-state index in [1.54, 1.807) is 12.1 Å². The fourth-order valence-electron chi connectivity index (χ4n) is 3.89. The van der Waals surface area contributed by atoms with Crippen LogP contribution in [0, 0.1) is 11.8 Å². The van der Waals surface area contributed by atoms with Crippen molar-refractivity contribution in [3.63, 3.8) is 0 Å². The Bertz CT molecular complexity index is 797. The van der Waals surface area contributed by atoms with Crippen LogP contribution in [0.5, 0.6) is 11.5 Å². The highest BCUT2D eigenvalue weighted by molar-refractivity contribution is 9.10. The van der Waals surface area contributed by atoms with E-state index in [1.165, 1.54) is 7.11 Å². The van der Waals surface area contributed by atoms with Gasteiger partial charge in [-0.1, -0.05) is 19.9 Å². The number of methoxy groups -OCH3 is 1. The second-order valence-electron chi connectivity index (χ2n) is 7.46. The molecular weight excluding hydrogens is 428 g/mol. The molecule has 2 amide bonds. The van der Waals surface area contributed by atoms with Crippen molar-refractivity contribution < 1.29 is 24.2 Å². The Labute approximate surface area is 172 Å². The number of nitrogens with one attached hydrogen (secondary N) is 2. The Hall–Kier alpha value is -2.22. The van der Waals surface area contributed by atoms with Crippen molar-refractivity contribution in [1.82, 2.24) is 10.6 Å². The summed E-state index contributed by atoms with van der Waals surface area (Å²) in [5.41, 5.74) is 0.877. The Morgan fingerprint density at radius 2 is 2.11 bits per heavy atom. The molecule has 2 fully saturated rings. The summed E-state index contributed by atoms with van der Waals surface area (Å²) in [4.78, 5) is 25.1. The number of halogens is 1. The highest BCUT2D eigenvalue weighted by Crippen LogP contribution is 2.40. The molecule has 0 spiro atoms. The molecule has 0 bridgehead atoms. The van der Waals surface area contributed by atoms with Gasteiger partial charge in [0.15, 0.2) is 11.5 Å². The third-order valence-electron chi connectivity index (χ3n) is 5.32. The Morgan fingerprint density at radius 1 is 1.36 bits per heavy atom. The molecule has 1 saturated carbocycles. The minimum absolute atomic E-state index is 0.0549. The van der Waals surface area contributed by atoms with E-state index in [2.05, 4.69) is 40.1 Å². The van der Waals surface area contributed by atoms with Gasteiger partial charge in [-0.2, -0.15) is 0 Å². The van der Waals surface area contributed by atoms with Crippen molar-refractivity contribution >= 4 is 27.9 Å². The molecule has 3 rings (SSSR count). The molecule has 0 unspecified atom stereocenters. The smallest absolute Gasteiger partial charge is 0.319 e. The number of aromatic hydroxyl groups is 1. The summed E-state index contributed by atoms with van der Waals surface area (Å²) in [6, 6.07) is 2.09. The normalized spacial score (nSPS) is 27.5. The summed E-state index contributed by atoms with van der Waals surface area (Å²) in [5, 5.41) is 15.4. The predicted molar refractivity (Wildman–Crippen MR) is 107 cm³/mol. The van der Waals surface area contributed by atoms with Crippen LogP contribution in [-0.4, -0.2) is 30.3 Å². The van der Waals surface area contributed by atoms with Gasteiger partial charge < -0.3 is 25.2 Å². The van der Waals surface area contributed by atoms with Gasteiger partial charge in [-0.3, -0.25) is 4.79 Å². The molecule has 1 saturated heterocycles. The molecule has 1 aliphatic heterocycles. The van der Waals surface area contributed by atoms with Crippen LogP contribution in [0.25, 0.3) is 0 Å². The molecule has 0 aromatic heterocycles. The van der Waals surface area contributed by atoms with E-state index in [-0.39, 0.29) is 23.3 Å². The average molecular weight is 453 g/mol. The molecule has 0 radical (unpaired) electrons. The number of urea groups is 1. The summed E-state index contributed by atoms with van der Waals surface area (Å²) in [6.45, 7) is 6.03. The molecule has 1 heterocycles. The summed E-state index contributed by atoms with van der Waals surface area (Å²) in [5.74, 6) is -0.524. The zero-order valence-electron chi connectivity index (χ0n) is 16.0. The number of hydrogen-bond acceptors (Lipinski definition) is 5. The highest BCUT2D eigenvalue weighted by Gasteiger charge is 2.40. The van der Waals surface area contributed by atoms with E-state index in [9.17, 15) is 14.7 Å². The second kappa shape index (κ2) is 8.43. The topological polar surface area (TPSA) is 96.9 Å². The van der Waals surface area contributed by atoms with Gasteiger partial charge in [0.2, 0.25) is 0 Å². The van der Waals surface area contributed by atoms with E-state index in [0.29, 0.717) is 16.0 Å². The number of amides is 2. The van der Waals surface area contributed by atoms with Gasteiger partial charge in [0.25, 0.3) is 0 Å². The molecule has 4 atom stereocenters. The number of rotatable bonds is 4. The molecule has 1 aromatic carbocycles. The van der Waals surface area contributed by atoms with E-state index in [0.717, 1.165) is 25.7 Å². The maximum atomic E-state index is 13.0. The van der Waals surface area contributed by atoms with Crippen LogP contribution in [0.2, 0.25) is 0 Å². The lowest BCUT2D eigenvalue weighted by Crippen LogP contribution is -2.51. The van der Waals surface area contributed by atoms with Crippen LogP contribution in [0.15, 0.2) is 28.9 Å². The van der Waals surface area contributed by atoms with Gasteiger partial charge >= 0.3 is 12.0 Å². The van der Waals surface area contributed by atoms with Crippen molar-refractivity contribution in [3.8, 4) is 11.5 Å². The lowest BCUT2D eigenvalue weighted by atomic mass is 9.87. The number of ether oxygens (including phenoxy) is 2.